The molecule has 6 amide bonds. The smallest absolute Gasteiger partial charge is 0.320 e. The lowest BCUT2D eigenvalue weighted by Crippen LogP contribution is -2.40. The van der Waals surface area contributed by atoms with Crippen molar-refractivity contribution in [2.45, 2.75) is 64.1 Å². The van der Waals surface area contributed by atoms with Gasteiger partial charge >= 0.3 is 12.1 Å². The van der Waals surface area contributed by atoms with Crippen molar-refractivity contribution in [2.24, 2.45) is 0 Å². The lowest BCUT2D eigenvalue weighted by Gasteiger charge is -2.27. The van der Waals surface area contributed by atoms with E-state index in [1.54, 1.807) is 4.90 Å². The Morgan fingerprint density at radius 2 is 1.21 bits per heavy atom. The highest BCUT2D eigenvalue weighted by Crippen LogP contribution is 2.30. The number of nitrogens with one attached hydrogen (secondary N) is 4. The number of hydrogen-bond donors (Lipinski definition) is 4. The van der Waals surface area contributed by atoms with Gasteiger partial charge < -0.3 is 31.1 Å². The van der Waals surface area contributed by atoms with Crippen LogP contribution < -0.4 is 21.3 Å². The highest BCUT2D eigenvalue weighted by molar-refractivity contribution is 9.10. The maximum Gasteiger partial charge on any atom is 0.322 e. The molecule has 0 saturated carbocycles. The molecule has 4 aromatic rings. The summed E-state index contributed by atoms with van der Waals surface area (Å²) in [6, 6.07) is 5.29. The fraction of sp³-hybridized carbons (Fsp3) is 0.450. The van der Waals surface area contributed by atoms with Gasteiger partial charge in [-0.1, -0.05) is 0 Å². The van der Waals surface area contributed by atoms with Crippen molar-refractivity contribution in [1.29, 1.82) is 0 Å². The van der Waals surface area contributed by atoms with Crippen molar-refractivity contribution in [3.8, 4) is 0 Å². The number of anilines is 2. The average Bonchev–Trinajstić information content (AvgIpc) is 3.76. The van der Waals surface area contributed by atoms with Crippen LogP contribution in [0.15, 0.2) is 39.3 Å². The zero-order valence-corrected chi connectivity index (χ0v) is 38.8. The van der Waals surface area contributed by atoms with Gasteiger partial charge in [0, 0.05) is 69.9 Å². The van der Waals surface area contributed by atoms with E-state index in [-0.39, 0.29) is 72.2 Å². The first-order chi connectivity index (χ1) is 31.9. The molecular weight excluding hydrogens is 1040 g/mol. The van der Waals surface area contributed by atoms with Gasteiger partial charge in [-0.15, -0.1) is 0 Å². The van der Waals surface area contributed by atoms with Crippen molar-refractivity contribution in [3.05, 3.63) is 90.6 Å². The number of halogens is 9. The second kappa shape index (κ2) is 21.3. The molecule has 0 fully saturated rings. The molecule has 0 saturated heterocycles. The van der Waals surface area contributed by atoms with Gasteiger partial charge in [0.15, 0.2) is 5.82 Å². The molecule has 2 atom stereocenters. The van der Waals surface area contributed by atoms with Gasteiger partial charge in [0.1, 0.15) is 35.2 Å². The fourth-order valence-corrected chi connectivity index (χ4v) is 8.46. The summed E-state index contributed by atoms with van der Waals surface area (Å²) in [5.41, 5.74) is 3.28. The molecule has 2 aromatic carbocycles. The summed E-state index contributed by atoms with van der Waals surface area (Å²) in [7, 11) is 2.87. The molecule has 0 bridgehead atoms. The summed E-state index contributed by atoms with van der Waals surface area (Å²) in [6.07, 6.45) is -5.39. The Morgan fingerprint density at radius 3 is 1.69 bits per heavy atom. The first-order valence-corrected chi connectivity index (χ1v) is 22.2. The zero-order chi connectivity index (χ0) is 48.3. The number of fused-ring (bicyclic) bond motifs is 6. The predicted octanol–water partition coefficient (Wildman–Crippen LogP) is 5.37. The molecule has 0 spiro atoms. The highest BCUT2D eigenvalue weighted by Gasteiger charge is 2.37. The molecule has 8 rings (SSSR count). The van der Waals surface area contributed by atoms with E-state index < -0.39 is 73.4 Å². The molecular formula is C40H43Br2F7N12O6. The van der Waals surface area contributed by atoms with Crippen LogP contribution in [0.1, 0.15) is 43.5 Å². The lowest BCUT2D eigenvalue weighted by atomic mass is 10.1. The predicted molar refractivity (Wildman–Crippen MR) is 231 cm³/mol. The molecule has 6 heterocycles. The summed E-state index contributed by atoms with van der Waals surface area (Å²) >= 11 is 5.89. The Bertz CT molecular complexity index is 2520. The van der Waals surface area contributed by atoms with Crippen LogP contribution in [0.2, 0.25) is 0 Å². The standard InChI is InChI=1S/C20H21BrF4N6O3.C20H22BrF3N6O3/c1-29-19(32)18-11-9-30(20(33)27-14-3-2-12(22)16(21)17(14)25)5-4-13(11)28-31(18)8-10(34-29)6-26-7-15(23)24;1-28-19(31)18-13-10-29(20(32)26-11-2-3-15(22)14(21)6-11)5-4-16(13)27-30(18)9-12(33-28)7-25-8-17(23)24/h2-3,10,15,26H,4-9H2,1H3,(H,27,33);2-3,6,12,17,25H,4-5,7-10H2,1H3,(H,26,32)/t10-;12-/m11/s1. The van der Waals surface area contributed by atoms with Crippen LogP contribution in [0.25, 0.3) is 0 Å². The SMILES string of the molecule is CN1O[C@H](CNCC(F)F)Cn2nc3c(c2C1=O)CN(C(=O)Nc1ccc(F)c(Br)c1)CC3.CN1O[C@H](CNCC(F)F)Cn2nc3c(c2C1=O)CN(C(=O)Nc1ccc(F)c(Br)c1F)CC3. The molecule has 4 N–H and O–H groups in total. The van der Waals surface area contributed by atoms with Crippen LogP contribution in [0.4, 0.5) is 51.7 Å². The van der Waals surface area contributed by atoms with Gasteiger partial charge in [0.05, 0.1) is 65.3 Å². The fourth-order valence-electron chi connectivity index (χ4n) is 7.74. The van der Waals surface area contributed by atoms with Crippen LogP contribution in [0.5, 0.6) is 0 Å². The van der Waals surface area contributed by atoms with E-state index >= 15 is 0 Å². The van der Waals surface area contributed by atoms with Crippen molar-refractivity contribution >= 4 is 67.1 Å². The van der Waals surface area contributed by atoms with Crippen LogP contribution in [-0.2, 0) is 48.7 Å². The van der Waals surface area contributed by atoms with Gasteiger partial charge in [0.2, 0.25) is 0 Å². The van der Waals surface area contributed by atoms with E-state index in [2.05, 4.69) is 63.3 Å². The summed E-state index contributed by atoms with van der Waals surface area (Å²) in [4.78, 5) is 65.6. The normalized spacial score (nSPS) is 18.2. The second-order valence-corrected chi connectivity index (χ2v) is 17.3. The summed E-state index contributed by atoms with van der Waals surface area (Å²) in [5.74, 6) is -3.09. The van der Waals surface area contributed by atoms with Crippen LogP contribution in [0.3, 0.4) is 0 Å². The number of carbonyl (C=O) groups is 4. The molecule has 0 unspecified atom stereocenters. The first kappa shape index (κ1) is 49.6. The maximum absolute atomic E-state index is 14.3. The van der Waals surface area contributed by atoms with Crippen LogP contribution in [0, 0.1) is 17.5 Å². The number of hydrogen-bond acceptors (Lipinski definition) is 10. The number of aromatic nitrogens is 4. The van der Waals surface area contributed by atoms with Crippen LogP contribution >= 0.6 is 31.9 Å². The molecule has 27 heteroatoms. The number of amides is 6. The largest absolute Gasteiger partial charge is 0.322 e. The van der Waals surface area contributed by atoms with Crippen molar-refractivity contribution in [3.63, 3.8) is 0 Å². The summed E-state index contributed by atoms with van der Waals surface area (Å²) < 4.78 is 93.8. The highest BCUT2D eigenvalue weighted by atomic mass is 79.9. The number of benzene rings is 2. The number of rotatable bonds is 10. The molecule has 4 aliphatic rings. The van der Waals surface area contributed by atoms with Crippen molar-refractivity contribution < 1.29 is 59.6 Å². The Balaban J connectivity index is 0.000000199. The monoisotopic (exact) mass is 1080 g/mol. The second-order valence-electron chi connectivity index (χ2n) is 15.6. The Morgan fingerprint density at radius 1 is 0.731 bits per heavy atom. The van der Waals surface area contributed by atoms with Gasteiger partial charge in [0.25, 0.3) is 24.7 Å². The molecule has 2 aromatic heterocycles. The Labute approximate surface area is 394 Å². The van der Waals surface area contributed by atoms with Gasteiger partial charge in [-0.05, 0) is 62.2 Å². The number of hydroxylamine groups is 4. The van der Waals surface area contributed by atoms with E-state index in [1.807, 2.05) is 0 Å². The Hall–Kier alpha value is -5.35. The number of nitrogens with zero attached hydrogens (tertiary/aromatic N) is 8. The number of urea groups is 2. The minimum Gasteiger partial charge on any atom is -0.320 e. The van der Waals surface area contributed by atoms with Crippen molar-refractivity contribution in [2.75, 3.05) is 64.0 Å². The summed E-state index contributed by atoms with van der Waals surface area (Å²) in [5, 5.41) is 21.5. The lowest BCUT2D eigenvalue weighted by molar-refractivity contribution is -0.146. The van der Waals surface area contributed by atoms with E-state index in [9.17, 15) is 49.9 Å². The number of alkyl halides is 4. The summed E-state index contributed by atoms with van der Waals surface area (Å²) in [6.45, 7) is 0.412. The molecule has 18 nitrogen and oxygen atoms in total. The van der Waals surface area contributed by atoms with E-state index in [0.29, 0.717) is 53.3 Å². The zero-order valence-electron chi connectivity index (χ0n) is 35.6. The van der Waals surface area contributed by atoms with Gasteiger partial charge in [-0.25, -0.2) is 50.4 Å². The topological polar surface area (TPSA) is 183 Å². The average molecular weight is 1080 g/mol. The third-order valence-corrected chi connectivity index (χ3v) is 12.2. The molecule has 0 aliphatic carbocycles. The van der Waals surface area contributed by atoms with Gasteiger partial charge in [-0.2, -0.15) is 10.2 Å². The van der Waals surface area contributed by atoms with Gasteiger partial charge in [-0.3, -0.25) is 28.6 Å². The minimum absolute atomic E-state index is 0.0361. The van der Waals surface area contributed by atoms with Crippen molar-refractivity contribution in [1.82, 2.24) is 50.1 Å². The number of carbonyl (C=O) groups excluding carboxylic acids is 4. The third-order valence-electron chi connectivity index (χ3n) is 10.9. The quantitative estimate of drug-likeness (QED) is 0.119. The third kappa shape index (κ3) is 11.5. The van der Waals surface area contributed by atoms with E-state index in [4.69, 9.17) is 9.68 Å². The molecule has 67 heavy (non-hydrogen) atoms. The molecule has 0 radical (unpaired) electrons. The molecule has 4 aliphatic heterocycles. The van der Waals surface area contributed by atoms with E-state index in [1.165, 1.54) is 46.6 Å². The maximum atomic E-state index is 14.3. The molecule has 362 valence electrons. The minimum atomic E-state index is -2.51. The Kier molecular flexibility index (Phi) is 15.8. The first-order valence-electron chi connectivity index (χ1n) is 20.6. The van der Waals surface area contributed by atoms with E-state index in [0.717, 1.165) is 22.3 Å². The van der Waals surface area contributed by atoms with Crippen LogP contribution in [-0.4, -0.2) is 142 Å².